The maximum Gasteiger partial charge on any atom is 0.0950 e. The van der Waals surface area contributed by atoms with Crippen LogP contribution in [0.2, 0.25) is 0 Å². The van der Waals surface area contributed by atoms with Crippen LogP contribution in [0.1, 0.15) is 51.2 Å². The van der Waals surface area contributed by atoms with Gasteiger partial charge in [-0.1, -0.05) is 23.8 Å². The highest BCUT2D eigenvalue weighted by atomic mass is 32.1. The molecule has 106 valence electrons. The fourth-order valence-corrected chi connectivity index (χ4v) is 4.25. The van der Waals surface area contributed by atoms with E-state index in [9.17, 15) is 0 Å². The number of hydrogen-bond acceptors (Lipinski definition) is 3. The fourth-order valence-electron chi connectivity index (χ4n) is 3.03. The Kier molecular flexibility index (Phi) is 3.90. The van der Waals surface area contributed by atoms with Gasteiger partial charge in [-0.05, 0) is 50.7 Å². The van der Waals surface area contributed by atoms with Gasteiger partial charge in [0.1, 0.15) is 0 Å². The molecule has 1 atom stereocenters. The zero-order valence-electron chi connectivity index (χ0n) is 12.3. The van der Waals surface area contributed by atoms with E-state index in [2.05, 4.69) is 32.0 Å². The summed E-state index contributed by atoms with van der Waals surface area (Å²) in [6, 6.07) is 6.59. The van der Waals surface area contributed by atoms with Crippen LogP contribution < -0.4 is 5.73 Å². The van der Waals surface area contributed by atoms with Crippen LogP contribution in [-0.4, -0.2) is 4.98 Å². The lowest BCUT2D eigenvalue weighted by Gasteiger charge is -2.14. The zero-order valence-corrected chi connectivity index (χ0v) is 13.1. The first-order chi connectivity index (χ1) is 9.63. The zero-order chi connectivity index (χ0) is 14.1. The van der Waals surface area contributed by atoms with Crippen LogP contribution in [0.4, 0.5) is 0 Å². The van der Waals surface area contributed by atoms with Gasteiger partial charge in [0.25, 0.3) is 0 Å². The van der Waals surface area contributed by atoms with Gasteiger partial charge in [-0.3, -0.25) is 0 Å². The summed E-state index contributed by atoms with van der Waals surface area (Å²) in [6.07, 6.45) is 5.84. The Morgan fingerprint density at radius 1 is 1.25 bits per heavy atom. The molecule has 0 aliphatic heterocycles. The summed E-state index contributed by atoms with van der Waals surface area (Å²) in [5, 5.41) is 1.21. The van der Waals surface area contributed by atoms with Crippen molar-refractivity contribution < 1.29 is 0 Å². The highest BCUT2D eigenvalue weighted by Gasteiger charge is 2.17. The van der Waals surface area contributed by atoms with Crippen molar-refractivity contribution in [2.75, 3.05) is 0 Å². The Labute approximate surface area is 125 Å². The number of nitrogens with two attached hydrogens (primary N) is 1. The Hall–Kier alpha value is -1.19. The molecule has 0 bridgehead atoms. The van der Waals surface area contributed by atoms with Gasteiger partial charge >= 0.3 is 0 Å². The van der Waals surface area contributed by atoms with E-state index in [1.165, 1.54) is 51.5 Å². The van der Waals surface area contributed by atoms with E-state index in [0.29, 0.717) is 0 Å². The third-order valence-electron chi connectivity index (χ3n) is 4.11. The minimum Gasteiger partial charge on any atom is -0.324 e. The average Bonchev–Trinajstić information content (AvgIpc) is 2.80. The number of aromatic nitrogens is 1. The lowest BCUT2D eigenvalue weighted by molar-refractivity contribution is 0.673. The van der Waals surface area contributed by atoms with Crippen molar-refractivity contribution in [2.24, 2.45) is 5.73 Å². The number of fused-ring (bicyclic) bond motifs is 1. The molecule has 3 heteroatoms. The van der Waals surface area contributed by atoms with Crippen molar-refractivity contribution >= 4 is 11.3 Å². The molecule has 1 heterocycles. The molecule has 1 aromatic carbocycles. The standard InChI is InChI=1S/C17H22N2S/c1-11-7-8-13(12(2)9-11)14(18)10-17-19-15-5-3-4-6-16(15)20-17/h7-9,14H,3-6,10,18H2,1-2H3. The van der Waals surface area contributed by atoms with Gasteiger partial charge in [-0.15, -0.1) is 11.3 Å². The van der Waals surface area contributed by atoms with Crippen LogP contribution in [0.15, 0.2) is 18.2 Å². The Morgan fingerprint density at radius 2 is 2.05 bits per heavy atom. The van der Waals surface area contributed by atoms with E-state index < -0.39 is 0 Å². The number of aryl methyl sites for hydroxylation is 4. The van der Waals surface area contributed by atoms with Crippen molar-refractivity contribution in [3.05, 3.63) is 50.5 Å². The van der Waals surface area contributed by atoms with Gasteiger partial charge in [-0.25, -0.2) is 4.98 Å². The number of hydrogen-bond donors (Lipinski definition) is 1. The number of benzene rings is 1. The second-order valence-corrected chi connectivity index (χ2v) is 7.02. The van der Waals surface area contributed by atoms with Crippen molar-refractivity contribution in [1.82, 2.24) is 4.98 Å². The molecule has 2 nitrogen and oxygen atoms in total. The summed E-state index contributed by atoms with van der Waals surface area (Å²) in [4.78, 5) is 6.30. The van der Waals surface area contributed by atoms with E-state index in [-0.39, 0.29) is 6.04 Å². The van der Waals surface area contributed by atoms with Crippen molar-refractivity contribution in [1.29, 1.82) is 0 Å². The first-order valence-corrected chi connectivity index (χ1v) is 8.25. The lowest BCUT2D eigenvalue weighted by Crippen LogP contribution is -2.14. The summed E-state index contributed by atoms with van der Waals surface area (Å²) in [6.45, 7) is 4.27. The molecule has 0 radical (unpaired) electrons. The van der Waals surface area contributed by atoms with Crippen LogP contribution in [0.3, 0.4) is 0 Å². The van der Waals surface area contributed by atoms with Crippen molar-refractivity contribution in [3.8, 4) is 0 Å². The van der Waals surface area contributed by atoms with E-state index in [1.807, 2.05) is 11.3 Å². The molecule has 0 amide bonds. The Morgan fingerprint density at radius 3 is 2.80 bits per heavy atom. The molecule has 1 aliphatic rings. The third kappa shape index (κ3) is 2.79. The summed E-state index contributed by atoms with van der Waals surface area (Å²) in [7, 11) is 0. The molecule has 2 N–H and O–H groups in total. The molecule has 0 spiro atoms. The van der Waals surface area contributed by atoms with Crippen LogP contribution in [-0.2, 0) is 19.3 Å². The Balaban J connectivity index is 1.78. The van der Waals surface area contributed by atoms with Gasteiger partial charge in [0.05, 0.1) is 10.7 Å². The average molecular weight is 286 g/mol. The SMILES string of the molecule is Cc1ccc(C(N)Cc2nc3c(s2)CCCC3)c(C)c1. The Bertz CT molecular complexity index is 592. The van der Waals surface area contributed by atoms with E-state index in [4.69, 9.17) is 10.7 Å². The van der Waals surface area contributed by atoms with Gasteiger partial charge in [-0.2, -0.15) is 0 Å². The molecule has 3 rings (SSSR count). The van der Waals surface area contributed by atoms with Crippen LogP contribution >= 0.6 is 11.3 Å². The first kappa shape index (κ1) is 13.8. The molecule has 0 saturated heterocycles. The van der Waals surface area contributed by atoms with Crippen LogP contribution in [0, 0.1) is 13.8 Å². The predicted octanol–water partition coefficient (Wildman–Crippen LogP) is 3.88. The van der Waals surface area contributed by atoms with Crippen LogP contribution in [0.5, 0.6) is 0 Å². The van der Waals surface area contributed by atoms with Gasteiger partial charge in [0.15, 0.2) is 0 Å². The molecule has 1 unspecified atom stereocenters. The smallest absolute Gasteiger partial charge is 0.0950 e. The molecular formula is C17H22N2S. The molecule has 1 aliphatic carbocycles. The summed E-state index contributed by atoms with van der Waals surface area (Å²) in [5.41, 5.74) is 11.6. The highest BCUT2D eigenvalue weighted by Crippen LogP contribution is 2.29. The number of thiazole rings is 1. The highest BCUT2D eigenvalue weighted by molar-refractivity contribution is 7.11. The monoisotopic (exact) mass is 286 g/mol. The molecular weight excluding hydrogens is 264 g/mol. The molecule has 0 fully saturated rings. The maximum absolute atomic E-state index is 6.40. The predicted molar refractivity (Wildman–Crippen MR) is 85.3 cm³/mol. The third-order valence-corrected chi connectivity index (χ3v) is 5.29. The second-order valence-electron chi connectivity index (χ2n) is 5.86. The minimum absolute atomic E-state index is 0.0585. The van der Waals surface area contributed by atoms with Gasteiger partial charge in [0.2, 0.25) is 0 Å². The largest absolute Gasteiger partial charge is 0.324 e. The van der Waals surface area contributed by atoms with Crippen molar-refractivity contribution in [3.63, 3.8) is 0 Å². The normalized spacial score (nSPS) is 15.9. The topological polar surface area (TPSA) is 38.9 Å². The quantitative estimate of drug-likeness (QED) is 0.930. The first-order valence-electron chi connectivity index (χ1n) is 7.43. The summed E-state index contributed by atoms with van der Waals surface area (Å²) >= 11 is 1.88. The number of nitrogens with zero attached hydrogens (tertiary/aromatic N) is 1. The second kappa shape index (κ2) is 5.66. The number of rotatable bonds is 3. The lowest BCUT2D eigenvalue weighted by atomic mass is 9.98. The molecule has 2 aromatic rings. The summed E-state index contributed by atoms with van der Waals surface area (Å²) in [5.74, 6) is 0. The maximum atomic E-state index is 6.40. The van der Waals surface area contributed by atoms with Gasteiger partial charge in [0, 0.05) is 17.3 Å². The van der Waals surface area contributed by atoms with Crippen molar-refractivity contribution in [2.45, 2.75) is 52.0 Å². The molecule has 20 heavy (non-hydrogen) atoms. The van der Waals surface area contributed by atoms with Crippen LogP contribution in [0.25, 0.3) is 0 Å². The minimum atomic E-state index is 0.0585. The molecule has 0 saturated carbocycles. The van der Waals surface area contributed by atoms with E-state index in [0.717, 1.165) is 12.8 Å². The van der Waals surface area contributed by atoms with Gasteiger partial charge < -0.3 is 5.73 Å². The fraction of sp³-hybridized carbons (Fsp3) is 0.471. The van der Waals surface area contributed by atoms with E-state index >= 15 is 0 Å². The van der Waals surface area contributed by atoms with E-state index in [1.54, 1.807) is 0 Å². The molecule has 1 aromatic heterocycles. The summed E-state index contributed by atoms with van der Waals surface area (Å²) < 4.78 is 0.